The van der Waals surface area contributed by atoms with Crippen molar-refractivity contribution in [2.75, 3.05) is 44.7 Å². The Morgan fingerprint density at radius 1 is 1.07 bits per heavy atom. The minimum Gasteiger partial charge on any atom is -0.497 e. The summed E-state index contributed by atoms with van der Waals surface area (Å²) in [5.41, 5.74) is 7.80. The molecule has 2 N–H and O–H groups in total. The molecule has 0 amide bonds. The molecule has 30 heavy (non-hydrogen) atoms. The smallest absolute Gasteiger partial charge is 0.180 e. The fourth-order valence-electron chi connectivity index (χ4n) is 4.00. The molecule has 5 nitrogen and oxygen atoms in total. The van der Waals surface area contributed by atoms with Crippen molar-refractivity contribution in [1.29, 1.82) is 0 Å². The van der Waals surface area contributed by atoms with Crippen molar-refractivity contribution in [1.82, 2.24) is 4.90 Å². The number of ether oxygens (including phenoxy) is 1. The maximum atomic E-state index is 13.1. The van der Waals surface area contributed by atoms with Crippen LogP contribution in [0.4, 0.5) is 10.1 Å². The first kappa shape index (κ1) is 20.3. The molecule has 6 heteroatoms. The predicted octanol–water partition coefficient (Wildman–Crippen LogP) is 3.32. The van der Waals surface area contributed by atoms with Gasteiger partial charge in [0.25, 0.3) is 0 Å². The lowest BCUT2D eigenvalue weighted by molar-refractivity contribution is 0.0934. The molecule has 1 saturated heterocycles. The largest absolute Gasteiger partial charge is 0.497 e. The van der Waals surface area contributed by atoms with E-state index < -0.39 is 6.04 Å². The van der Waals surface area contributed by atoms with E-state index in [-0.39, 0.29) is 11.6 Å². The number of benzene rings is 3. The van der Waals surface area contributed by atoms with Gasteiger partial charge in [0.1, 0.15) is 11.6 Å². The molecule has 1 fully saturated rings. The SMILES string of the molecule is COc1ccc2cccc(N3CCN(CC(N)C(=O)c4ccc(F)cc4)CC3)c2c1. The first-order valence-corrected chi connectivity index (χ1v) is 10.1. The van der Waals surface area contributed by atoms with Crippen LogP contribution < -0.4 is 15.4 Å². The van der Waals surface area contributed by atoms with Gasteiger partial charge in [-0.05, 0) is 47.9 Å². The highest BCUT2D eigenvalue weighted by Gasteiger charge is 2.23. The van der Waals surface area contributed by atoms with Gasteiger partial charge in [-0.25, -0.2) is 4.39 Å². The summed E-state index contributed by atoms with van der Waals surface area (Å²) in [4.78, 5) is 17.1. The molecule has 0 aliphatic carbocycles. The number of Topliss-reactive ketones (excluding diaryl/α,β-unsaturated/α-hetero) is 1. The molecule has 0 radical (unpaired) electrons. The molecule has 1 unspecified atom stereocenters. The van der Waals surface area contributed by atoms with Crippen LogP contribution in [-0.2, 0) is 0 Å². The molecule has 156 valence electrons. The molecule has 1 atom stereocenters. The number of hydrogen-bond acceptors (Lipinski definition) is 5. The molecule has 3 aromatic carbocycles. The first-order chi connectivity index (χ1) is 14.5. The van der Waals surface area contributed by atoms with E-state index in [0.29, 0.717) is 12.1 Å². The molecule has 0 saturated carbocycles. The Hall–Kier alpha value is -2.96. The van der Waals surface area contributed by atoms with Crippen LogP contribution in [-0.4, -0.2) is 56.6 Å². The molecule has 0 bridgehead atoms. The zero-order valence-electron chi connectivity index (χ0n) is 17.1. The Morgan fingerprint density at radius 2 is 1.80 bits per heavy atom. The van der Waals surface area contributed by atoms with E-state index in [1.807, 2.05) is 6.07 Å². The van der Waals surface area contributed by atoms with Crippen LogP contribution in [0, 0.1) is 5.82 Å². The van der Waals surface area contributed by atoms with E-state index in [4.69, 9.17) is 10.5 Å². The maximum absolute atomic E-state index is 13.1. The average Bonchev–Trinajstić information content (AvgIpc) is 2.79. The van der Waals surface area contributed by atoms with Gasteiger partial charge in [-0.15, -0.1) is 0 Å². The van der Waals surface area contributed by atoms with Crippen molar-refractivity contribution in [2.24, 2.45) is 5.73 Å². The highest BCUT2D eigenvalue weighted by molar-refractivity contribution is 6.00. The zero-order chi connectivity index (χ0) is 21.1. The van der Waals surface area contributed by atoms with Crippen LogP contribution in [0.2, 0.25) is 0 Å². The third-order valence-corrected chi connectivity index (χ3v) is 5.70. The summed E-state index contributed by atoms with van der Waals surface area (Å²) in [5, 5.41) is 2.36. The molecular formula is C24H26FN3O2. The minimum atomic E-state index is -0.621. The number of halogens is 1. The van der Waals surface area contributed by atoms with E-state index in [2.05, 4.69) is 40.1 Å². The van der Waals surface area contributed by atoms with Gasteiger partial charge in [-0.2, -0.15) is 0 Å². The lowest BCUT2D eigenvalue weighted by Crippen LogP contribution is -2.51. The van der Waals surface area contributed by atoms with Crippen LogP contribution in [0.15, 0.2) is 60.7 Å². The van der Waals surface area contributed by atoms with Crippen molar-refractivity contribution in [3.63, 3.8) is 0 Å². The monoisotopic (exact) mass is 407 g/mol. The van der Waals surface area contributed by atoms with Gasteiger partial charge in [-0.3, -0.25) is 9.69 Å². The second-order valence-electron chi connectivity index (χ2n) is 7.63. The maximum Gasteiger partial charge on any atom is 0.180 e. The Kier molecular flexibility index (Phi) is 5.97. The fraction of sp³-hybridized carbons (Fsp3) is 0.292. The number of nitrogens with two attached hydrogens (primary N) is 1. The van der Waals surface area contributed by atoms with Gasteiger partial charge in [0, 0.05) is 49.4 Å². The van der Waals surface area contributed by atoms with Crippen molar-refractivity contribution in [2.45, 2.75) is 6.04 Å². The lowest BCUT2D eigenvalue weighted by atomic mass is 10.0. The number of carbonyl (C=O) groups excluding carboxylic acids is 1. The van der Waals surface area contributed by atoms with E-state index in [1.54, 1.807) is 7.11 Å². The topological polar surface area (TPSA) is 58.8 Å². The second-order valence-corrected chi connectivity index (χ2v) is 7.63. The standard InChI is InChI=1S/C24H26FN3O2/c1-30-20-10-7-17-3-2-4-23(21(17)15-20)28-13-11-27(12-14-28)16-22(26)24(29)18-5-8-19(25)9-6-18/h2-10,15,22H,11-14,16,26H2,1H3. The third-order valence-electron chi connectivity index (χ3n) is 5.70. The lowest BCUT2D eigenvalue weighted by Gasteiger charge is -2.37. The number of rotatable bonds is 6. The molecular weight excluding hydrogens is 381 g/mol. The Bertz CT molecular complexity index is 1030. The van der Waals surface area contributed by atoms with E-state index >= 15 is 0 Å². The van der Waals surface area contributed by atoms with Gasteiger partial charge < -0.3 is 15.4 Å². The van der Waals surface area contributed by atoms with Gasteiger partial charge in [-0.1, -0.05) is 18.2 Å². The number of nitrogens with zero attached hydrogens (tertiary/aromatic N) is 2. The Labute approximate surface area is 175 Å². The molecule has 4 rings (SSSR count). The number of methoxy groups -OCH3 is 1. The van der Waals surface area contributed by atoms with E-state index in [9.17, 15) is 9.18 Å². The Balaban J connectivity index is 1.40. The summed E-state index contributed by atoms with van der Waals surface area (Å²) in [6.07, 6.45) is 0. The van der Waals surface area contributed by atoms with Crippen LogP contribution >= 0.6 is 0 Å². The van der Waals surface area contributed by atoms with Gasteiger partial charge in [0.2, 0.25) is 0 Å². The first-order valence-electron chi connectivity index (χ1n) is 10.1. The predicted molar refractivity (Wildman–Crippen MR) is 118 cm³/mol. The van der Waals surface area contributed by atoms with E-state index in [1.165, 1.54) is 40.7 Å². The van der Waals surface area contributed by atoms with Crippen LogP contribution in [0.3, 0.4) is 0 Å². The average molecular weight is 407 g/mol. The van der Waals surface area contributed by atoms with Gasteiger partial charge >= 0.3 is 0 Å². The normalized spacial score (nSPS) is 15.9. The zero-order valence-corrected chi connectivity index (χ0v) is 17.1. The summed E-state index contributed by atoms with van der Waals surface area (Å²) in [7, 11) is 1.68. The van der Waals surface area contributed by atoms with Crippen molar-refractivity contribution in [3.05, 3.63) is 72.0 Å². The number of hydrogen-bond donors (Lipinski definition) is 1. The molecule has 0 aromatic heterocycles. The van der Waals surface area contributed by atoms with Crippen LogP contribution in [0.25, 0.3) is 10.8 Å². The summed E-state index contributed by atoms with van der Waals surface area (Å²) < 4.78 is 18.5. The fourth-order valence-corrected chi connectivity index (χ4v) is 4.00. The highest BCUT2D eigenvalue weighted by atomic mass is 19.1. The quantitative estimate of drug-likeness (QED) is 0.636. The van der Waals surface area contributed by atoms with Gasteiger partial charge in [0.05, 0.1) is 13.2 Å². The number of ketones is 1. The molecule has 0 spiro atoms. The number of carbonyl (C=O) groups is 1. The van der Waals surface area contributed by atoms with Crippen molar-refractivity contribution in [3.8, 4) is 5.75 Å². The summed E-state index contributed by atoms with van der Waals surface area (Å²) >= 11 is 0. The number of fused-ring (bicyclic) bond motifs is 1. The van der Waals surface area contributed by atoms with Crippen LogP contribution in [0.5, 0.6) is 5.75 Å². The van der Waals surface area contributed by atoms with Crippen molar-refractivity contribution < 1.29 is 13.9 Å². The van der Waals surface area contributed by atoms with E-state index in [0.717, 1.165) is 31.9 Å². The number of anilines is 1. The highest BCUT2D eigenvalue weighted by Crippen LogP contribution is 2.30. The third kappa shape index (κ3) is 4.30. The second kappa shape index (κ2) is 8.81. The van der Waals surface area contributed by atoms with Gasteiger partial charge in [0.15, 0.2) is 5.78 Å². The van der Waals surface area contributed by atoms with Crippen LogP contribution in [0.1, 0.15) is 10.4 Å². The molecule has 1 heterocycles. The molecule has 1 aliphatic rings. The Morgan fingerprint density at radius 3 is 2.50 bits per heavy atom. The minimum absolute atomic E-state index is 0.154. The van der Waals surface area contributed by atoms with Crippen molar-refractivity contribution >= 4 is 22.2 Å². The summed E-state index contributed by atoms with van der Waals surface area (Å²) in [6, 6.07) is 17.4. The molecule has 1 aliphatic heterocycles. The molecule has 3 aromatic rings. The summed E-state index contributed by atoms with van der Waals surface area (Å²) in [6.45, 7) is 3.85. The number of piperazine rings is 1. The summed E-state index contributed by atoms with van der Waals surface area (Å²) in [5.74, 6) is 0.333.